The number of amides is 1. The molecule has 0 N–H and O–H groups in total. The van der Waals surface area contributed by atoms with Gasteiger partial charge in [0.25, 0.3) is 0 Å². The van der Waals surface area contributed by atoms with E-state index in [0.29, 0.717) is 42.1 Å². The van der Waals surface area contributed by atoms with Crippen LogP contribution in [-0.2, 0) is 17.9 Å². The predicted octanol–water partition coefficient (Wildman–Crippen LogP) is 6.53. The van der Waals surface area contributed by atoms with Crippen molar-refractivity contribution in [3.63, 3.8) is 0 Å². The summed E-state index contributed by atoms with van der Waals surface area (Å²) in [6.45, 7) is 27.3. The van der Waals surface area contributed by atoms with Crippen molar-refractivity contribution in [2.24, 2.45) is 47.3 Å². The van der Waals surface area contributed by atoms with Gasteiger partial charge in [-0.1, -0.05) is 70.0 Å². The lowest BCUT2D eigenvalue weighted by molar-refractivity contribution is -0.131. The Morgan fingerprint density at radius 2 is 1.26 bits per heavy atom. The van der Waals surface area contributed by atoms with Gasteiger partial charge in [-0.2, -0.15) is 0 Å². The summed E-state index contributed by atoms with van der Waals surface area (Å²) in [6, 6.07) is 8.61. The van der Waals surface area contributed by atoms with Crippen molar-refractivity contribution in [2.75, 3.05) is 0 Å². The predicted molar refractivity (Wildman–Crippen MR) is 139 cm³/mol. The van der Waals surface area contributed by atoms with E-state index in [9.17, 15) is 4.79 Å². The van der Waals surface area contributed by atoms with E-state index in [-0.39, 0.29) is 17.7 Å². The van der Waals surface area contributed by atoms with Crippen molar-refractivity contribution < 1.29 is 4.79 Å². The molecule has 0 aromatic heterocycles. The minimum absolute atomic E-state index is 0.0501. The number of allylic oxidation sites excluding steroid dienone is 5. The van der Waals surface area contributed by atoms with Gasteiger partial charge in [0.1, 0.15) is 0 Å². The van der Waals surface area contributed by atoms with Gasteiger partial charge < -0.3 is 9.80 Å². The maximum Gasteiger partial charge on any atom is 0.231 e. The van der Waals surface area contributed by atoms with E-state index in [0.717, 1.165) is 24.2 Å². The van der Waals surface area contributed by atoms with Crippen LogP contribution in [0.2, 0.25) is 0 Å². The zero-order valence-corrected chi connectivity index (χ0v) is 20.7. The number of carbonyl (C=O) groups excluding carboxylic acids is 1. The third kappa shape index (κ3) is 3.35. The number of likely N-dealkylation sites (tertiary alicyclic amines) is 2. The van der Waals surface area contributed by atoms with Gasteiger partial charge in [0.05, 0.1) is 6.54 Å². The lowest BCUT2D eigenvalue weighted by Crippen LogP contribution is -2.28. The fourth-order valence-corrected chi connectivity index (χ4v) is 7.63. The van der Waals surface area contributed by atoms with E-state index >= 15 is 0 Å². The molecule has 3 nitrogen and oxygen atoms in total. The molecule has 2 saturated carbocycles. The van der Waals surface area contributed by atoms with Crippen LogP contribution in [0, 0.1) is 47.3 Å². The van der Waals surface area contributed by atoms with Gasteiger partial charge in [-0.3, -0.25) is 4.79 Å². The molecular weight excluding hydrogens is 416 g/mol. The molecule has 2 aliphatic heterocycles. The Bertz CT molecular complexity index is 1000. The lowest BCUT2D eigenvalue weighted by Gasteiger charge is -2.26. The maximum atomic E-state index is 13.3. The van der Waals surface area contributed by atoms with Gasteiger partial charge in [0.2, 0.25) is 5.91 Å². The Labute approximate surface area is 205 Å². The van der Waals surface area contributed by atoms with Gasteiger partial charge in [0.15, 0.2) is 0 Å². The summed E-state index contributed by atoms with van der Waals surface area (Å²) in [7, 11) is 0. The molecule has 1 aromatic carbocycles. The first-order valence-corrected chi connectivity index (χ1v) is 12.7. The largest absolute Gasteiger partial charge is 0.345 e. The molecule has 5 rings (SSSR count). The highest BCUT2D eigenvalue weighted by Crippen LogP contribution is 2.55. The van der Waals surface area contributed by atoms with Crippen molar-refractivity contribution in [2.45, 2.75) is 39.8 Å². The summed E-state index contributed by atoms with van der Waals surface area (Å²) in [5.74, 6) is 3.18. The molecule has 8 atom stereocenters. The smallest absolute Gasteiger partial charge is 0.231 e. The van der Waals surface area contributed by atoms with Crippen LogP contribution >= 0.6 is 0 Å². The van der Waals surface area contributed by atoms with Gasteiger partial charge in [0, 0.05) is 47.3 Å². The molecular formula is C31H38N2O. The van der Waals surface area contributed by atoms with Crippen LogP contribution in [0.3, 0.4) is 0 Å². The Hall–Kier alpha value is -2.81. The zero-order valence-electron chi connectivity index (χ0n) is 20.7. The molecule has 3 heteroatoms. The molecule has 0 spiro atoms. The second-order valence-corrected chi connectivity index (χ2v) is 11.1. The molecule has 4 fully saturated rings. The van der Waals surface area contributed by atoms with E-state index in [1.165, 1.54) is 23.4 Å². The van der Waals surface area contributed by atoms with E-state index in [1.54, 1.807) is 0 Å². The minimum atomic E-state index is 0.0501. The lowest BCUT2D eigenvalue weighted by atomic mass is 9.88. The van der Waals surface area contributed by atoms with Crippen LogP contribution < -0.4 is 0 Å². The Kier molecular flexibility index (Phi) is 5.70. The summed E-state index contributed by atoms with van der Waals surface area (Å²) >= 11 is 0. The third-order valence-corrected chi connectivity index (χ3v) is 9.23. The number of fused-ring (bicyclic) bond motifs is 2. The van der Waals surface area contributed by atoms with Gasteiger partial charge >= 0.3 is 0 Å². The van der Waals surface area contributed by atoms with Crippen molar-refractivity contribution in [3.8, 4) is 0 Å². The first-order chi connectivity index (χ1) is 16.3. The van der Waals surface area contributed by atoms with Crippen molar-refractivity contribution in [1.82, 2.24) is 9.80 Å². The SMILES string of the molecule is C=CC1CC(C)C2C(=C)N(Cc3cccc(CN4C(=C)C5C(C=C)CC(C)C5C4=O)c3)C(=C)C12. The topological polar surface area (TPSA) is 23.6 Å². The first kappa shape index (κ1) is 23.0. The molecule has 2 heterocycles. The molecule has 4 aliphatic rings. The van der Waals surface area contributed by atoms with Crippen molar-refractivity contribution in [1.29, 1.82) is 0 Å². The van der Waals surface area contributed by atoms with E-state index in [2.05, 4.69) is 82.0 Å². The number of carbonyl (C=O) groups is 1. The van der Waals surface area contributed by atoms with E-state index in [4.69, 9.17) is 0 Å². The van der Waals surface area contributed by atoms with Crippen LogP contribution in [0.25, 0.3) is 0 Å². The summed E-state index contributed by atoms with van der Waals surface area (Å²) in [5, 5.41) is 0. The number of nitrogens with zero attached hydrogens (tertiary/aromatic N) is 2. The van der Waals surface area contributed by atoms with E-state index < -0.39 is 0 Å². The standard InChI is InChI=1S/C31H38N2O/c1-8-25-13-18(3)27-20(5)32(21(6)29(25)27)16-23-11-10-12-24(15-23)17-33-22(7)30-26(9-2)14-19(4)28(30)31(33)34/h8-12,15,18-19,25-30H,1-2,5-7,13-14,16-17H2,3-4H3. The van der Waals surface area contributed by atoms with Crippen LogP contribution in [-0.4, -0.2) is 15.7 Å². The van der Waals surface area contributed by atoms with Crippen molar-refractivity contribution in [3.05, 3.63) is 97.5 Å². The van der Waals surface area contributed by atoms with Gasteiger partial charge in [-0.15, -0.1) is 13.2 Å². The number of hydrogen-bond donors (Lipinski definition) is 0. The quantitative estimate of drug-likeness (QED) is 0.456. The summed E-state index contributed by atoms with van der Waals surface area (Å²) in [4.78, 5) is 17.6. The molecule has 178 valence electrons. The summed E-state index contributed by atoms with van der Waals surface area (Å²) in [6.07, 6.45) is 6.33. The second kappa shape index (κ2) is 8.45. The van der Waals surface area contributed by atoms with Crippen molar-refractivity contribution >= 4 is 5.91 Å². The second-order valence-electron chi connectivity index (χ2n) is 11.1. The molecule has 1 aromatic rings. The minimum Gasteiger partial charge on any atom is -0.345 e. The Morgan fingerprint density at radius 3 is 1.85 bits per heavy atom. The molecule has 34 heavy (non-hydrogen) atoms. The first-order valence-electron chi connectivity index (χ1n) is 12.7. The fraction of sp³-hybridized carbons (Fsp3) is 0.452. The highest BCUT2D eigenvalue weighted by atomic mass is 16.2. The highest BCUT2D eigenvalue weighted by molar-refractivity contribution is 5.85. The summed E-state index contributed by atoms with van der Waals surface area (Å²) in [5.41, 5.74) is 5.70. The van der Waals surface area contributed by atoms with Crippen LogP contribution in [0.1, 0.15) is 37.8 Å². The molecule has 1 amide bonds. The van der Waals surface area contributed by atoms with Gasteiger partial charge in [-0.05, 0) is 47.6 Å². The summed E-state index contributed by atoms with van der Waals surface area (Å²) < 4.78 is 0. The molecule has 0 radical (unpaired) electrons. The normalized spacial score (nSPS) is 36.9. The fourth-order valence-electron chi connectivity index (χ4n) is 7.63. The third-order valence-electron chi connectivity index (χ3n) is 9.23. The van der Waals surface area contributed by atoms with Crippen LogP contribution in [0.4, 0.5) is 0 Å². The average Bonchev–Trinajstić information content (AvgIpc) is 3.48. The van der Waals surface area contributed by atoms with E-state index in [1.807, 2.05) is 11.0 Å². The Balaban J connectivity index is 1.32. The maximum absolute atomic E-state index is 13.3. The molecule has 2 saturated heterocycles. The highest BCUT2D eigenvalue weighted by Gasteiger charge is 2.53. The number of rotatable bonds is 6. The van der Waals surface area contributed by atoms with Gasteiger partial charge in [-0.25, -0.2) is 0 Å². The molecule has 0 bridgehead atoms. The number of benzene rings is 1. The average molecular weight is 455 g/mol. The monoisotopic (exact) mass is 454 g/mol. The molecule has 8 unspecified atom stereocenters. The Morgan fingerprint density at radius 1 is 0.794 bits per heavy atom. The zero-order chi connectivity index (χ0) is 24.3. The van der Waals surface area contributed by atoms with Crippen LogP contribution in [0.5, 0.6) is 0 Å². The van der Waals surface area contributed by atoms with Crippen LogP contribution in [0.15, 0.2) is 86.4 Å². The molecule has 2 aliphatic carbocycles. The number of hydrogen-bond acceptors (Lipinski definition) is 2.